The van der Waals surface area contributed by atoms with Crippen LogP contribution in [-0.4, -0.2) is 50.4 Å². The van der Waals surface area contributed by atoms with Gasteiger partial charge >= 0.3 is 6.09 Å². The van der Waals surface area contributed by atoms with Crippen LogP contribution in [0, 0.1) is 0 Å². The fourth-order valence-corrected chi connectivity index (χ4v) is 4.69. The number of methoxy groups -OCH3 is 1. The first-order valence-corrected chi connectivity index (χ1v) is 12.7. The van der Waals surface area contributed by atoms with E-state index in [0.29, 0.717) is 12.6 Å². The molecule has 3 atom stereocenters. The maximum absolute atomic E-state index is 13.8. The van der Waals surface area contributed by atoms with Crippen LogP contribution in [0.4, 0.5) is 10.5 Å². The lowest BCUT2D eigenvalue weighted by molar-refractivity contribution is -0.118. The van der Waals surface area contributed by atoms with Crippen LogP contribution >= 0.6 is 0 Å². The van der Waals surface area contributed by atoms with Crippen molar-refractivity contribution in [1.29, 1.82) is 0 Å². The van der Waals surface area contributed by atoms with Gasteiger partial charge in [0.1, 0.15) is 6.04 Å². The third-order valence-electron chi connectivity index (χ3n) is 6.68. The van der Waals surface area contributed by atoms with Crippen LogP contribution in [0.2, 0.25) is 0 Å². The quantitative estimate of drug-likeness (QED) is 0.402. The number of amides is 2. The number of hydrogen-bond acceptors (Lipinski definition) is 5. The lowest BCUT2D eigenvalue weighted by atomic mass is 9.84. The van der Waals surface area contributed by atoms with Gasteiger partial charge in [-0.15, -0.1) is 0 Å². The van der Waals surface area contributed by atoms with E-state index >= 15 is 0 Å². The van der Waals surface area contributed by atoms with E-state index in [1.807, 2.05) is 84.9 Å². The van der Waals surface area contributed by atoms with Gasteiger partial charge in [-0.25, -0.2) is 4.79 Å². The fraction of sp³-hybridized carbons (Fsp3) is 0.333. The predicted molar refractivity (Wildman–Crippen MR) is 145 cm³/mol. The highest BCUT2D eigenvalue weighted by molar-refractivity contribution is 5.98. The first-order chi connectivity index (χ1) is 18.0. The summed E-state index contributed by atoms with van der Waals surface area (Å²) in [7, 11) is 1.29. The second-order valence-electron chi connectivity index (χ2n) is 9.36. The molecule has 2 amide bonds. The van der Waals surface area contributed by atoms with Crippen molar-refractivity contribution in [1.82, 2.24) is 10.6 Å². The highest BCUT2D eigenvalue weighted by atomic mass is 16.5. The molecule has 3 aromatic carbocycles. The van der Waals surface area contributed by atoms with Gasteiger partial charge in [-0.2, -0.15) is 0 Å². The molecule has 3 aromatic rings. The van der Waals surface area contributed by atoms with Crippen LogP contribution in [0.25, 0.3) is 0 Å². The summed E-state index contributed by atoms with van der Waals surface area (Å²) >= 11 is 0. The molecule has 3 N–H and O–H groups in total. The third-order valence-corrected chi connectivity index (χ3v) is 6.68. The second kappa shape index (κ2) is 13.0. The number of carbonyl (C=O) groups excluding carboxylic acids is 2. The zero-order chi connectivity index (χ0) is 26.0. The first-order valence-electron chi connectivity index (χ1n) is 12.7. The summed E-state index contributed by atoms with van der Waals surface area (Å²) in [5.74, 6) is -0.739. The normalized spacial score (nSPS) is 18.1. The van der Waals surface area contributed by atoms with Gasteiger partial charge < -0.3 is 25.4 Å². The molecule has 37 heavy (non-hydrogen) atoms. The molecule has 0 aliphatic carbocycles. The van der Waals surface area contributed by atoms with Gasteiger partial charge in [0.2, 0.25) is 5.91 Å². The van der Waals surface area contributed by atoms with Gasteiger partial charge in [-0.1, -0.05) is 78.9 Å². The first kappa shape index (κ1) is 26.4. The summed E-state index contributed by atoms with van der Waals surface area (Å²) in [4.78, 5) is 26.2. The molecule has 7 heteroatoms. The molecule has 0 aromatic heterocycles. The molecule has 1 aliphatic heterocycles. The highest BCUT2D eigenvalue weighted by Crippen LogP contribution is 2.30. The van der Waals surface area contributed by atoms with E-state index in [-0.39, 0.29) is 12.0 Å². The molecule has 0 bridgehead atoms. The standard InChI is InChI=1S/C30H35N3O4/c1-21-20-37-25(19-31-21)18-17-22-11-9-10-16-26(22)32-29(34)28(33-30(35)36-2)27(23-12-5-3-6-13-23)24-14-7-4-8-15-24/h3-16,21,25,27-28,31H,17-20H2,1-2H3,(H,32,34)(H,33,35)/t21-,25+,28-/m0/s1. The average Bonchev–Trinajstić information content (AvgIpc) is 2.94. The van der Waals surface area contributed by atoms with Crippen molar-refractivity contribution in [2.45, 2.75) is 43.9 Å². The number of carbonyl (C=O) groups is 2. The molecule has 1 aliphatic rings. The van der Waals surface area contributed by atoms with Crippen molar-refractivity contribution in [3.8, 4) is 0 Å². The van der Waals surface area contributed by atoms with Gasteiger partial charge in [-0.05, 0) is 42.5 Å². The number of aryl methyl sites for hydroxylation is 1. The van der Waals surface area contributed by atoms with Gasteiger partial charge in [0, 0.05) is 24.2 Å². The lowest BCUT2D eigenvalue weighted by Crippen LogP contribution is -2.48. The molecule has 1 heterocycles. The van der Waals surface area contributed by atoms with Crippen LogP contribution in [0.3, 0.4) is 0 Å². The number of alkyl carbamates (subject to hydrolysis) is 1. The summed E-state index contributed by atoms with van der Waals surface area (Å²) < 4.78 is 10.8. The SMILES string of the molecule is COC(=O)N[C@H](C(=O)Nc1ccccc1CC[C@@H]1CN[C@@H](C)CO1)C(c1ccccc1)c1ccccc1. The summed E-state index contributed by atoms with van der Waals surface area (Å²) in [5, 5.41) is 9.33. The Morgan fingerprint density at radius 2 is 1.59 bits per heavy atom. The Hall–Kier alpha value is -3.68. The lowest BCUT2D eigenvalue weighted by Gasteiger charge is -2.29. The number of morpholine rings is 1. The van der Waals surface area contributed by atoms with Crippen molar-refractivity contribution in [2.24, 2.45) is 0 Å². The number of rotatable bonds is 9. The highest BCUT2D eigenvalue weighted by Gasteiger charge is 2.33. The minimum Gasteiger partial charge on any atom is -0.453 e. The Morgan fingerprint density at radius 1 is 0.973 bits per heavy atom. The van der Waals surface area contributed by atoms with Gasteiger partial charge in [-0.3, -0.25) is 4.79 Å². The van der Waals surface area contributed by atoms with Crippen molar-refractivity contribution < 1.29 is 19.1 Å². The zero-order valence-corrected chi connectivity index (χ0v) is 21.4. The molecular weight excluding hydrogens is 466 g/mol. The Balaban J connectivity index is 1.58. The zero-order valence-electron chi connectivity index (χ0n) is 21.4. The number of anilines is 1. The van der Waals surface area contributed by atoms with E-state index in [1.54, 1.807) is 0 Å². The van der Waals surface area contributed by atoms with E-state index in [2.05, 4.69) is 22.9 Å². The fourth-order valence-electron chi connectivity index (χ4n) is 4.69. The Morgan fingerprint density at radius 3 is 2.19 bits per heavy atom. The summed E-state index contributed by atoms with van der Waals surface area (Å²) in [6, 6.07) is 26.6. The van der Waals surface area contributed by atoms with Crippen molar-refractivity contribution in [2.75, 3.05) is 25.6 Å². The van der Waals surface area contributed by atoms with E-state index in [9.17, 15) is 9.59 Å². The largest absolute Gasteiger partial charge is 0.453 e. The number of hydrogen-bond donors (Lipinski definition) is 3. The smallest absolute Gasteiger partial charge is 0.407 e. The van der Waals surface area contributed by atoms with Crippen molar-refractivity contribution in [3.05, 3.63) is 102 Å². The van der Waals surface area contributed by atoms with E-state index in [4.69, 9.17) is 9.47 Å². The minimum atomic E-state index is -0.905. The van der Waals surface area contributed by atoms with E-state index in [0.717, 1.165) is 41.8 Å². The van der Waals surface area contributed by atoms with Crippen LogP contribution in [0.5, 0.6) is 0 Å². The molecule has 1 fully saturated rings. The maximum atomic E-state index is 13.8. The molecule has 7 nitrogen and oxygen atoms in total. The number of benzene rings is 3. The van der Waals surface area contributed by atoms with Crippen LogP contribution < -0.4 is 16.0 Å². The monoisotopic (exact) mass is 501 g/mol. The maximum Gasteiger partial charge on any atom is 0.407 e. The summed E-state index contributed by atoms with van der Waals surface area (Å²) in [5.41, 5.74) is 3.57. The number of nitrogens with one attached hydrogen (secondary N) is 3. The molecule has 0 spiro atoms. The summed E-state index contributed by atoms with van der Waals surface area (Å²) in [6.07, 6.45) is 1.07. The minimum absolute atomic E-state index is 0.134. The van der Waals surface area contributed by atoms with Crippen molar-refractivity contribution in [3.63, 3.8) is 0 Å². The molecule has 0 saturated carbocycles. The Bertz CT molecular complexity index is 1110. The van der Waals surface area contributed by atoms with Crippen LogP contribution in [-0.2, 0) is 20.7 Å². The van der Waals surface area contributed by atoms with Crippen LogP contribution in [0.1, 0.15) is 36.0 Å². The van der Waals surface area contributed by atoms with Gasteiger partial charge in [0.05, 0.1) is 19.8 Å². The molecule has 0 unspecified atom stereocenters. The number of ether oxygens (including phenoxy) is 2. The number of para-hydroxylation sites is 1. The van der Waals surface area contributed by atoms with Crippen LogP contribution in [0.15, 0.2) is 84.9 Å². The van der Waals surface area contributed by atoms with Crippen molar-refractivity contribution >= 4 is 17.7 Å². The topological polar surface area (TPSA) is 88.7 Å². The van der Waals surface area contributed by atoms with Gasteiger partial charge in [0.15, 0.2) is 0 Å². The Labute approximate surface area is 218 Å². The third kappa shape index (κ3) is 7.18. The molecular formula is C30H35N3O4. The van der Waals surface area contributed by atoms with Gasteiger partial charge in [0.25, 0.3) is 0 Å². The van der Waals surface area contributed by atoms with E-state index < -0.39 is 18.1 Å². The summed E-state index contributed by atoms with van der Waals surface area (Å²) in [6.45, 7) is 3.62. The molecule has 4 rings (SSSR count). The molecule has 0 radical (unpaired) electrons. The average molecular weight is 502 g/mol. The molecule has 194 valence electrons. The second-order valence-corrected chi connectivity index (χ2v) is 9.36. The molecule has 1 saturated heterocycles. The van der Waals surface area contributed by atoms with E-state index in [1.165, 1.54) is 7.11 Å². The predicted octanol–water partition coefficient (Wildman–Crippen LogP) is 4.49. The Kier molecular flexibility index (Phi) is 9.29.